The number of nitrogens with zero attached hydrogens (tertiary/aromatic N) is 1. The first kappa shape index (κ1) is 15.7. The zero-order chi connectivity index (χ0) is 14.6. The van der Waals surface area contributed by atoms with Gasteiger partial charge in [-0.25, -0.2) is 0 Å². The van der Waals surface area contributed by atoms with Gasteiger partial charge in [0.05, 0.1) is 12.0 Å². The van der Waals surface area contributed by atoms with E-state index in [2.05, 4.69) is 18.7 Å². The second-order valence-electron chi connectivity index (χ2n) is 6.27. The molecule has 20 heavy (non-hydrogen) atoms. The summed E-state index contributed by atoms with van der Waals surface area (Å²) < 4.78 is 11.5. The van der Waals surface area contributed by atoms with E-state index in [0.717, 1.165) is 45.5 Å². The molecule has 0 aromatic heterocycles. The van der Waals surface area contributed by atoms with Crippen LogP contribution in [0.3, 0.4) is 0 Å². The van der Waals surface area contributed by atoms with Gasteiger partial charge < -0.3 is 14.6 Å². The van der Waals surface area contributed by atoms with Gasteiger partial charge in [-0.3, -0.25) is 9.69 Å². The molecule has 0 aromatic rings. The summed E-state index contributed by atoms with van der Waals surface area (Å²) in [7, 11) is 0. The van der Waals surface area contributed by atoms with Crippen molar-refractivity contribution in [2.75, 3.05) is 26.4 Å². The van der Waals surface area contributed by atoms with E-state index in [-0.39, 0.29) is 12.0 Å². The highest BCUT2D eigenvalue weighted by atomic mass is 16.5. The average molecular weight is 285 g/mol. The highest BCUT2D eigenvalue weighted by Crippen LogP contribution is 2.36. The molecule has 2 rings (SSSR count). The van der Waals surface area contributed by atoms with Crippen LogP contribution in [-0.4, -0.2) is 60.0 Å². The van der Waals surface area contributed by atoms with Crippen LogP contribution in [0.5, 0.6) is 0 Å². The van der Waals surface area contributed by atoms with Crippen LogP contribution in [0.4, 0.5) is 0 Å². The molecule has 0 aromatic carbocycles. The van der Waals surface area contributed by atoms with Gasteiger partial charge in [0.15, 0.2) is 0 Å². The highest BCUT2D eigenvalue weighted by molar-refractivity contribution is 5.66. The van der Waals surface area contributed by atoms with Crippen molar-refractivity contribution in [3.8, 4) is 0 Å². The first-order valence-corrected chi connectivity index (χ1v) is 7.72. The third-order valence-corrected chi connectivity index (χ3v) is 4.59. The number of hydrogen-bond acceptors (Lipinski definition) is 4. The number of carbonyl (C=O) groups is 1. The van der Waals surface area contributed by atoms with Gasteiger partial charge in [0, 0.05) is 38.4 Å². The number of rotatable bonds is 5. The molecule has 1 unspecified atom stereocenters. The molecular weight excluding hydrogens is 258 g/mol. The van der Waals surface area contributed by atoms with E-state index >= 15 is 0 Å². The fourth-order valence-corrected chi connectivity index (χ4v) is 3.46. The van der Waals surface area contributed by atoms with E-state index in [1.165, 1.54) is 0 Å². The minimum absolute atomic E-state index is 0.0302. The summed E-state index contributed by atoms with van der Waals surface area (Å²) in [6, 6.07) is 0.801. The quantitative estimate of drug-likeness (QED) is 0.836. The smallest absolute Gasteiger partial charge is 0.304 e. The second kappa shape index (κ2) is 6.87. The number of carboxylic acids is 1. The maximum absolute atomic E-state index is 10.8. The van der Waals surface area contributed by atoms with Gasteiger partial charge in [0.1, 0.15) is 0 Å². The van der Waals surface area contributed by atoms with E-state index in [1.54, 1.807) is 0 Å². The van der Waals surface area contributed by atoms with Crippen LogP contribution in [0, 0.1) is 0 Å². The average Bonchev–Trinajstić information content (AvgIpc) is 2.39. The molecule has 0 aliphatic carbocycles. The maximum atomic E-state index is 10.8. The van der Waals surface area contributed by atoms with E-state index in [1.807, 2.05) is 0 Å². The van der Waals surface area contributed by atoms with E-state index in [9.17, 15) is 4.79 Å². The lowest BCUT2D eigenvalue weighted by Gasteiger charge is -2.47. The number of carboxylic acid groups (broad SMARTS) is 1. The first-order chi connectivity index (χ1) is 9.52. The molecule has 5 heteroatoms. The Hall–Kier alpha value is -0.650. The van der Waals surface area contributed by atoms with Crippen molar-refractivity contribution in [3.05, 3.63) is 0 Å². The molecule has 5 nitrogen and oxygen atoms in total. The molecule has 2 fully saturated rings. The minimum atomic E-state index is -0.719. The predicted molar refractivity (Wildman–Crippen MR) is 75.9 cm³/mol. The lowest BCUT2D eigenvalue weighted by Crippen LogP contribution is -2.53. The highest BCUT2D eigenvalue weighted by Gasteiger charge is 2.41. The number of ether oxygens (including phenoxy) is 2. The zero-order valence-electron chi connectivity index (χ0n) is 12.6. The Morgan fingerprint density at radius 2 is 2.05 bits per heavy atom. The minimum Gasteiger partial charge on any atom is -0.481 e. The van der Waals surface area contributed by atoms with Crippen LogP contribution in [-0.2, 0) is 14.3 Å². The molecule has 116 valence electrons. The zero-order valence-corrected chi connectivity index (χ0v) is 12.6. The fraction of sp³-hybridized carbons (Fsp3) is 0.933. The lowest BCUT2D eigenvalue weighted by atomic mass is 9.83. The Kier molecular flexibility index (Phi) is 5.41. The van der Waals surface area contributed by atoms with Crippen molar-refractivity contribution in [2.24, 2.45) is 0 Å². The van der Waals surface area contributed by atoms with Gasteiger partial charge in [0.25, 0.3) is 0 Å². The Bertz CT molecular complexity index is 320. The predicted octanol–water partition coefficient (Wildman–Crippen LogP) is 1.90. The van der Waals surface area contributed by atoms with E-state index in [0.29, 0.717) is 18.6 Å². The van der Waals surface area contributed by atoms with E-state index in [4.69, 9.17) is 14.6 Å². The monoisotopic (exact) mass is 285 g/mol. The SMILES string of the molecule is CC(C)N(CCC(=O)O)C1CCOC2(CCOCC2)C1. The summed E-state index contributed by atoms with van der Waals surface area (Å²) >= 11 is 0. The lowest BCUT2D eigenvalue weighted by molar-refractivity contribution is -0.154. The summed E-state index contributed by atoms with van der Waals surface area (Å²) in [4.78, 5) is 13.2. The van der Waals surface area contributed by atoms with Crippen molar-refractivity contribution < 1.29 is 19.4 Å². The normalized spacial score (nSPS) is 26.3. The first-order valence-electron chi connectivity index (χ1n) is 7.72. The van der Waals surface area contributed by atoms with Gasteiger partial charge in [-0.05, 0) is 39.5 Å². The van der Waals surface area contributed by atoms with Gasteiger partial charge in [-0.2, -0.15) is 0 Å². The van der Waals surface area contributed by atoms with Crippen molar-refractivity contribution in [2.45, 2.75) is 63.6 Å². The molecule has 2 heterocycles. The molecule has 1 atom stereocenters. The summed E-state index contributed by atoms with van der Waals surface area (Å²) in [5.74, 6) is -0.719. The third kappa shape index (κ3) is 3.93. The molecule has 0 radical (unpaired) electrons. The van der Waals surface area contributed by atoms with Crippen molar-refractivity contribution >= 4 is 5.97 Å². The summed E-state index contributed by atoms with van der Waals surface area (Å²) in [6.45, 7) is 7.26. The molecule has 0 amide bonds. The van der Waals surface area contributed by atoms with Crippen molar-refractivity contribution in [3.63, 3.8) is 0 Å². The maximum Gasteiger partial charge on any atom is 0.304 e. The van der Waals surface area contributed by atoms with Crippen LogP contribution in [0.1, 0.15) is 46.0 Å². The number of aliphatic carboxylic acids is 1. The fourth-order valence-electron chi connectivity index (χ4n) is 3.46. The summed E-state index contributed by atoms with van der Waals surface area (Å²) in [5, 5.41) is 8.92. The van der Waals surface area contributed by atoms with Crippen LogP contribution in [0.15, 0.2) is 0 Å². The Balaban J connectivity index is 1.98. The summed E-state index contributed by atoms with van der Waals surface area (Å²) in [6.07, 6.45) is 4.16. The van der Waals surface area contributed by atoms with Crippen molar-refractivity contribution in [1.82, 2.24) is 4.90 Å². The molecule has 0 bridgehead atoms. The van der Waals surface area contributed by atoms with Crippen LogP contribution < -0.4 is 0 Å². The topological polar surface area (TPSA) is 59.0 Å². The Morgan fingerprint density at radius 1 is 1.35 bits per heavy atom. The Morgan fingerprint density at radius 3 is 2.65 bits per heavy atom. The molecule has 2 aliphatic heterocycles. The molecular formula is C15H27NO4. The Labute approximate surface area is 121 Å². The van der Waals surface area contributed by atoms with Crippen LogP contribution in [0.25, 0.3) is 0 Å². The summed E-state index contributed by atoms with van der Waals surface area (Å²) in [5.41, 5.74) is -0.0302. The molecule has 2 saturated heterocycles. The van der Waals surface area contributed by atoms with Gasteiger partial charge >= 0.3 is 5.97 Å². The van der Waals surface area contributed by atoms with Crippen LogP contribution >= 0.6 is 0 Å². The second-order valence-corrected chi connectivity index (χ2v) is 6.27. The third-order valence-electron chi connectivity index (χ3n) is 4.59. The van der Waals surface area contributed by atoms with E-state index < -0.39 is 5.97 Å². The molecule has 1 spiro atoms. The van der Waals surface area contributed by atoms with Gasteiger partial charge in [-0.15, -0.1) is 0 Å². The van der Waals surface area contributed by atoms with Gasteiger partial charge in [0.2, 0.25) is 0 Å². The van der Waals surface area contributed by atoms with Gasteiger partial charge in [-0.1, -0.05) is 0 Å². The number of hydrogen-bond donors (Lipinski definition) is 1. The largest absolute Gasteiger partial charge is 0.481 e. The standard InChI is InChI=1S/C15H27NO4/c1-12(2)16(7-3-14(17)18)13-4-8-20-15(11-13)5-9-19-10-6-15/h12-13H,3-11H2,1-2H3,(H,17,18). The molecule has 2 aliphatic rings. The molecule has 0 saturated carbocycles. The molecule has 1 N–H and O–H groups in total. The van der Waals surface area contributed by atoms with Crippen molar-refractivity contribution in [1.29, 1.82) is 0 Å². The van der Waals surface area contributed by atoms with Crippen LogP contribution in [0.2, 0.25) is 0 Å².